The molecule has 1 aliphatic carbocycles. The zero-order chi connectivity index (χ0) is 13.9. The molecule has 0 radical (unpaired) electrons. The number of ether oxygens (including phenoxy) is 1. The summed E-state index contributed by atoms with van der Waals surface area (Å²) in [6, 6.07) is 7.05. The van der Waals surface area contributed by atoms with E-state index in [2.05, 4.69) is 34.3 Å². The molecule has 0 saturated heterocycles. The van der Waals surface area contributed by atoms with Crippen LogP contribution in [0.5, 0.6) is 5.75 Å². The number of hydrogen-bond donors (Lipinski definition) is 2. The molecule has 1 aliphatic rings. The van der Waals surface area contributed by atoms with E-state index in [1.165, 1.54) is 11.1 Å². The number of hydrogen-bond acceptors (Lipinski definition) is 3. The Morgan fingerprint density at radius 2 is 2.40 bits per heavy atom. The molecule has 0 bridgehead atoms. The number of benzene rings is 1. The summed E-state index contributed by atoms with van der Waals surface area (Å²) in [5, 5.41) is 3.73. The van der Waals surface area contributed by atoms with E-state index in [9.17, 15) is 0 Å². The maximum Gasteiger partial charge on any atom is 0.123 e. The van der Waals surface area contributed by atoms with Crippen LogP contribution in [0.2, 0.25) is 0 Å². The molecule has 0 spiro atoms. The standard InChI is InChI=1S/C16H21N3O/c1-3-14(16-17-8-9-18-16)19-15-7-5-11-4-6-12(20-2)10-13(11)15/h4,6,8-10,14-15,19H,3,5,7H2,1-2H3,(H,17,18). The molecular formula is C16H21N3O. The molecule has 4 nitrogen and oxygen atoms in total. The fourth-order valence-electron chi connectivity index (χ4n) is 2.98. The molecule has 20 heavy (non-hydrogen) atoms. The highest BCUT2D eigenvalue weighted by molar-refractivity contribution is 5.40. The van der Waals surface area contributed by atoms with Crippen molar-refractivity contribution < 1.29 is 4.74 Å². The van der Waals surface area contributed by atoms with Crippen LogP contribution in [0.15, 0.2) is 30.6 Å². The molecule has 3 rings (SSSR count). The molecular weight excluding hydrogens is 250 g/mol. The van der Waals surface area contributed by atoms with Crippen molar-refractivity contribution in [1.29, 1.82) is 0 Å². The monoisotopic (exact) mass is 271 g/mol. The molecule has 1 aromatic carbocycles. The van der Waals surface area contributed by atoms with Crippen LogP contribution in [0.3, 0.4) is 0 Å². The van der Waals surface area contributed by atoms with Gasteiger partial charge in [0.25, 0.3) is 0 Å². The Balaban J connectivity index is 1.80. The van der Waals surface area contributed by atoms with Crippen LogP contribution >= 0.6 is 0 Å². The fourth-order valence-corrected chi connectivity index (χ4v) is 2.98. The highest BCUT2D eigenvalue weighted by atomic mass is 16.5. The summed E-state index contributed by atoms with van der Waals surface area (Å²) in [4.78, 5) is 7.59. The molecule has 2 aromatic rings. The summed E-state index contributed by atoms with van der Waals surface area (Å²) in [7, 11) is 1.72. The Bertz CT molecular complexity index is 565. The van der Waals surface area contributed by atoms with Crippen LogP contribution in [0.4, 0.5) is 0 Å². The maximum atomic E-state index is 5.35. The molecule has 0 fully saturated rings. The van der Waals surface area contributed by atoms with E-state index < -0.39 is 0 Å². The van der Waals surface area contributed by atoms with E-state index >= 15 is 0 Å². The van der Waals surface area contributed by atoms with Gasteiger partial charge < -0.3 is 15.0 Å². The highest BCUT2D eigenvalue weighted by Crippen LogP contribution is 2.35. The summed E-state index contributed by atoms with van der Waals surface area (Å²) >= 11 is 0. The van der Waals surface area contributed by atoms with Gasteiger partial charge in [0.1, 0.15) is 11.6 Å². The summed E-state index contributed by atoms with van der Waals surface area (Å²) in [6.45, 7) is 2.18. The zero-order valence-corrected chi connectivity index (χ0v) is 12.0. The van der Waals surface area contributed by atoms with Gasteiger partial charge in [0.15, 0.2) is 0 Å². The van der Waals surface area contributed by atoms with Crippen LogP contribution in [0.25, 0.3) is 0 Å². The fraction of sp³-hybridized carbons (Fsp3) is 0.438. The number of aromatic nitrogens is 2. The molecule has 2 atom stereocenters. The van der Waals surface area contributed by atoms with Gasteiger partial charge in [0.2, 0.25) is 0 Å². The average molecular weight is 271 g/mol. The minimum atomic E-state index is 0.271. The van der Waals surface area contributed by atoms with Crippen molar-refractivity contribution in [2.75, 3.05) is 7.11 Å². The third-order valence-corrected chi connectivity index (χ3v) is 4.09. The quantitative estimate of drug-likeness (QED) is 0.878. The van der Waals surface area contributed by atoms with Crippen LogP contribution in [-0.2, 0) is 6.42 Å². The first-order valence-electron chi connectivity index (χ1n) is 7.24. The largest absolute Gasteiger partial charge is 0.497 e. The topological polar surface area (TPSA) is 49.9 Å². The normalized spacial score (nSPS) is 18.8. The Morgan fingerprint density at radius 3 is 3.10 bits per heavy atom. The maximum absolute atomic E-state index is 5.35. The molecule has 1 heterocycles. The molecule has 2 unspecified atom stereocenters. The number of aryl methyl sites for hydroxylation is 1. The summed E-state index contributed by atoms with van der Waals surface area (Å²) in [5.74, 6) is 1.95. The number of aromatic amines is 1. The van der Waals surface area contributed by atoms with Crippen LogP contribution in [0.1, 0.15) is 48.8 Å². The Kier molecular flexibility index (Phi) is 3.74. The Hall–Kier alpha value is -1.81. The third kappa shape index (κ3) is 2.43. The van der Waals surface area contributed by atoms with Crippen molar-refractivity contribution in [2.24, 2.45) is 0 Å². The second-order valence-corrected chi connectivity index (χ2v) is 5.26. The van der Waals surface area contributed by atoms with Crippen LogP contribution < -0.4 is 10.1 Å². The van der Waals surface area contributed by atoms with E-state index in [1.54, 1.807) is 7.11 Å². The van der Waals surface area contributed by atoms with Gasteiger partial charge in [-0.3, -0.25) is 0 Å². The Labute approximate surface area is 119 Å². The van der Waals surface area contributed by atoms with E-state index in [1.807, 2.05) is 18.5 Å². The van der Waals surface area contributed by atoms with Gasteiger partial charge >= 0.3 is 0 Å². The van der Waals surface area contributed by atoms with E-state index in [-0.39, 0.29) is 6.04 Å². The molecule has 1 aromatic heterocycles. The van der Waals surface area contributed by atoms with E-state index in [4.69, 9.17) is 4.74 Å². The van der Waals surface area contributed by atoms with Crippen molar-refractivity contribution >= 4 is 0 Å². The predicted octanol–water partition coefficient (Wildman–Crippen LogP) is 3.15. The Morgan fingerprint density at radius 1 is 1.50 bits per heavy atom. The second-order valence-electron chi connectivity index (χ2n) is 5.26. The SMILES string of the molecule is CCC(NC1CCc2ccc(OC)cc21)c1ncc[nH]1. The number of nitrogens with one attached hydrogen (secondary N) is 2. The number of fused-ring (bicyclic) bond motifs is 1. The number of rotatable bonds is 5. The smallest absolute Gasteiger partial charge is 0.123 e. The minimum Gasteiger partial charge on any atom is -0.497 e. The molecule has 4 heteroatoms. The first-order valence-corrected chi connectivity index (χ1v) is 7.24. The van der Waals surface area contributed by atoms with Crippen molar-refractivity contribution in [3.63, 3.8) is 0 Å². The number of H-pyrrole nitrogens is 1. The van der Waals surface area contributed by atoms with Gasteiger partial charge in [-0.1, -0.05) is 13.0 Å². The lowest BCUT2D eigenvalue weighted by molar-refractivity contribution is 0.407. The minimum absolute atomic E-state index is 0.271. The molecule has 106 valence electrons. The summed E-state index contributed by atoms with van der Waals surface area (Å²) < 4.78 is 5.35. The van der Waals surface area contributed by atoms with Crippen molar-refractivity contribution in [1.82, 2.24) is 15.3 Å². The predicted molar refractivity (Wildman–Crippen MR) is 78.8 cm³/mol. The van der Waals surface area contributed by atoms with Gasteiger partial charge in [0.05, 0.1) is 13.2 Å². The van der Waals surface area contributed by atoms with Gasteiger partial charge in [0, 0.05) is 18.4 Å². The van der Waals surface area contributed by atoms with Gasteiger partial charge in [-0.2, -0.15) is 0 Å². The zero-order valence-electron chi connectivity index (χ0n) is 12.0. The summed E-state index contributed by atoms with van der Waals surface area (Å²) in [5.41, 5.74) is 2.80. The second kappa shape index (κ2) is 5.67. The lowest BCUT2D eigenvalue weighted by atomic mass is 10.1. The van der Waals surface area contributed by atoms with E-state index in [0.29, 0.717) is 6.04 Å². The third-order valence-electron chi connectivity index (χ3n) is 4.09. The number of nitrogens with zero attached hydrogens (tertiary/aromatic N) is 1. The first-order chi connectivity index (χ1) is 9.81. The van der Waals surface area contributed by atoms with Gasteiger partial charge in [-0.25, -0.2) is 4.98 Å². The van der Waals surface area contributed by atoms with Crippen LogP contribution in [-0.4, -0.2) is 17.1 Å². The molecule has 0 amide bonds. The first kappa shape index (κ1) is 13.2. The highest BCUT2D eigenvalue weighted by Gasteiger charge is 2.25. The van der Waals surface area contributed by atoms with Crippen LogP contribution in [0, 0.1) is 0 Å². The lowest BCUT2D eigenvalue weighted by Crippen LogP contribution is -2.25. The summed E-state index contributed by atoms with van der Waals surface area (Å²) in [6.07, 6.45) is 6.98. The number of methoxy groups -OCH3 is 1. The molecule has 0 saturated carbocycles. The van der Waals surface area contributed by atoms with Crippen molar-refractivity contribution in [3.8, 4) is 5.75 Å². The molecule has 0 aliphatic heterocycles. The lowest BCUT2D eigenvalue weighted by Gasteiger charge is -2.21. The van der Waals surface area contributed by atoms with E-state index in [0.717, 1.165) is 30.8 Å². The van der Waals surface area contributed by atoms with Gasteiger partial charge in [-0.15, -0.1) is 0 Å². The molecule has 2 N–H and O–H groups in total. The average Bonchev–Trinajstić information content (AvgIpc) is 3.14. The van der Waals surface area contributed by atoms with Crippen molar-refractivity contribution in [2.45, 2.75) is 38.3 Å². The van der Waals surface area contributed by atoms with Gasteiger partial charge in [-0.05, 0) is 42.5 Å². The van der Waals surface area contributed by atoms with Crippen molar-refractivity contribution in [3.05, 3.63) is 47.5 Å². The number of imidazole rings is 1.